The molecule has 0 unspecified atom stereocenters. The molecule has 2 aromatic carbocycles. The highest BCUT2D eigenvalue weighted by Gasteiger charge is 2.31. The molecule has 4 aromatic rings. The fourth-order valence-corrected chi connectivity index (χ4v) is 8.51. The van der Waals surface area contributed by atoms with E-state index in [2.05, 4.69) is 51.8 Å². The molecule has 434 valence electrons. The second-order valence-electron chi connectivity index (χ2n) is 19.4. The molecule has 1 aliphatic heterocycles. The molecule has 14 N–H and O–H groups in total. The fourth-order valence-electron chi connectivity index (χ4n) is 8.51. The van der Waals surface area contributed by atoms with E-state index in [1.165, 1.54) is 37.4 Å². The van der Waals surface area contributed by atoms with Gasteiger partial charge in [0.2, 0.25) is 35.5 Å². The van der Waals surface area contributed by atoms with Crippen LogP contribution in [0.2, 0.25) is 0 Å². The number of carboxylic acids is 2. The Hall–Kier alpha value is -9.14. The maximum atomic E-state index is 14.0. The summed E-state index contributed by atoms with van der Waals surface area (Å²) in [4.78, 5) is 147. The number of aliphatic carboxylic acids is 2. The number of unbranched alkanes of at least 4 members (excludes halogenated alkanes) is 4. The Morgan fingerprint density at radius 2 is 1.28 bits per heavy atom. The van der Waals surface area contributed by atoms with Crippen molar-refractivity contribution in [2.24, 2.45) is 5.73 Å². The predicted octanol–water partition coefficient (Wildman–Crippen LogP) is 0.371. The zero-order valence-electron chi connectivity index (χ0n) is 45.2. The van der Waals surface area contributed by atoms with Gasteiger partial charge in [-0.15, -0.1) is 0 Å². The monoisotopic (exact) mass is 1120 g/mol. The van der Waals surface area contributed by atoms with Gasteiger partial charge >= 0.3 is 11.9 Å². The summed E-state index contributed by atoms with van der Waals surface area (Å²) < 4.78 is 0. The van der Waals surface area contributed by atoms with E-state index in [0.29, 0.717) is 61.1 Å². The predicted molar refractivity (Wildman–Crippen MR) is 296 cm³/mol. The largest absolute Gasteiger partial charge is 0.480 e. The molecular weight excluding hydrogens is 1050 g/mol. The maximum Gasteiger partial charge on any atom is 0.326 e. The maximum absolute atomic E-state index is 14.0. The third-order valence-corrected chi connectivity index (χ3v) is 13.0. The molecule has 81 heavy (non-hydrogen) atoms. The molecule has 27 heteroatoms. The first-order chi connectivity index (χ1) is 38.7. The van der Waals surface area contributed by atoms with E-state index in [1.807, 2.05) is 4.90 Å². The molecule has 0 saturated carbocycles. The normalized spacial score (nSPS) is 13.8. The molecular formula is C54H71N15O12. The zero-order valence-corrected chi connectivity index (χ0v) is 45.2. The van der Waals surface area contributed by atoms with Crippen molar-refractivity contribution < 1.29 is 58.2 Å². The molecule has 0 radical (unpaired) electrons. The second kappa shape index (κ2) is 31.5. The van der Waals surface area contributed by atoms with Crippen LogP contribution in [0.3, 0.4) is 0 Å². The van der Waals surface area contributed by atoms with Gasteiger partial charge in [-0.1, -0.05) is 36.8 Å². The minimum Gasteiger partial charge on any atom is -0.480 e. The molecule has 0 fully saturated rings. The molecule has 0 saturated heterocycles. The van der Waals surface area contributed by atoms with E-state index in [9.17, 15) is 58.2 Å². The zero-order chi connectivity index (χ0) is 59.0. The van der Waals surface area contributed by atoms with Gasteiger partial charge in [0.25, 0.3) is 17.7 Å². The number of imide groups is 1. The van der Waals surface area contributed by atoms with E-state index < -0.39 is 77.6 Å². The van der Waals surface area contributed by atoms with Gasteiger partial charge in [0.1, 0.15) is 30.2 Å². The van der Waals surface area contributed by atoms with Gasteiger partial charge < -0.3 is 64.2 Å². The Bertz CT molecular complexity index is 2890. The number of aromatic nitrogens is 4. The number of carbonyl (C=O) groups is 10. The number of hydrogen-bond acceptors (Lipinski definition) is 18. The molecule has 0 aliphatic carbocycles. The summed E-state index contributed by atoms with van der Waals surface area (Å²) in [5.41, 5.74) is 20.0. The van der Waals surface area contributed by atoms with Crippen molar-refractivity contribution in [3.05, 3.63) is 89.8 Å². The van der Waals surface area contributed by atoms with Crippen molar-refractivity contribution >= 4 is 87.8 Å². The van der Waals surface area contributed by atoms with Gasteiger partial charge in [0.15, 0.2) is 17.0 Å². The number of nitrogens with zero attached hydrogens (tertiary/aromatic N) is 6. The highest BCUT2D eigenvalue weighted by atomic mass is 16.4. The first-order valence-corrected chi connectivity index (χ1v) is 26.6. The third kappa shape index (κ3) is 20.2. The van der Waals surface area contributed by atoms with Crippen LogP contribution in [0, 0.1) is 0 Å². The van der Waals surface area contributed by atoms with Gasteiger partial charge in [-0.25, -0.2) is 19.6 Å². The molecule has 1 aliphatic rings. The number of nitrogen functional groups attached to an aromatic ring is 2. The number of hydrogen-bond donors (Lipinski definition) is 11. The van der Waals surface area contributed by atoms with Crippen LogP contribution >= 0.6 is 0 Å². The SMILES string of the molecule is C[C@@H](NC(=O)CCCCCN1C(=O)C=CC1=O)C(=O)N[C@@H](Cc1ccccc1)C(=O)N[C@@H](CCCCN)C(=O)N[C@@H](CCCCNC(=O)CC[C@H](NC(=O)c1ccc(N(C)Cc2cnc3nc(N)nc(N)c3n2)cc1)C(=O)O)C(=O)O. The molecule has 0 spiro atoms. The van der Waals surface area contributed by atoms with Crippen LogP contribution in [0.5, 0.6) is 0 Å². The van der Waals surface area contributed by atoms with E-state index in [0.717, 1.165) is 4.90 Å². The lowest BCUT2D eigenvalue weighted by molar-refractivity contribution is -0.142. The van der Waals surface area contributed by atoms with Gasteiger partial charge in [-0.05, 0) is 101 Å². The van der Waals surface area contributed by atoms with Gasteiger partial charge in [-0.2, -0.15) is 9.97 Å². The number of carboxylic acid groups (broad SMARTS) is 2. The van der Waals surface area contributed by atoms with Crippen molar-refractivity contribution in [2.75, 3.05) is 43.0 Å². The summed E-state index contributed by atoms with van der Waals surface area (Å²) in [5, 5.41) is 35.5. The smallest absolute Gasteiger partial charge is 0.326 e. The van der Waals surface area contributed by atoms with Gasteiger partial charge in [-0.3, -0.25) is 43.3 Å². The summed E-state index contributed by atoms with van der Waals surface area (Å²) in [6.45, 7) is 2.36. The Kier molecular flexibility index (Phi) is 24.3. The number of fused-ring (bicyclic) bond motifs is 1. The Balaban J connectivity index is 1.06. The number of carbonyl (C=O) groups excluding carboxylic acids is 8. The van der Waals surface area contributed by atoms with Crippen LogP contribution in [0.15, 0.2) is 72.9 Å². The van der Waals surface area contributed by atoms with E-state index in [1.54, 1.807) is 49.5 Å². The standard InChI is InChI=1S/C54H71N15O12/c1-32(60-42(71)17-7-4-12-28-69-43(72)24-25-44(69)73)48(74)65-40(29-33-13-5-3-6-14-33)51(77)62-37(15-8-10-26-55)50(76)64-38(52(78)79)16-9-11-27-58-41(70)23-22-39(53(80)81)63-49(75)34-18-20-36(21-19-34)68(2)31-35-30-59-47-45(61-35)46(56)66-54(57)67-47/h3,5-6,13-14,18-21,24-25,30,32,37-40H,4,7-12,15-17,22-23,26-29,31,55H2,1-2H3,(H,58,70)(H,60,71)(H,62,77)(H,63,75)(H,64,76)(H,65,74)(H,78,79)(H,80,81)(H4,56,57,59,66,67)/t32-,37+,38+,39+,40+/m1/s1. The summed E-state index contributed by atoms with van der Waals surface area (Å²) in [6, 6.07) is 8.84. The van der Waals surface area contributed by atoms with Crippen LogP contribution in [-0.2, 0) is 56.1 Å². The topological polar surface area (TPSA) is 419 Å². The molecule has 3 heterocycles. The van der Waals surface area contributed by atoms with Crippen molar-refractivity contribution in [3.63, 3.8) is 0 Å². The summed E-state index contributed by atoms with van der Waals surface area (Å²) >= 11 is 0. The quantitative estimate of drug-likeness (QED) is 0.0222. The third-order valence-electron chi connectivity index (χ3n) is 13.0. The fraction of sp³-hybridized carbons (Fsp3) is 0.444. The lowest BCUT2D eigenvalue weighted by Crippen LogP contribution is -2.58. The molecule has 0 bridgehead atoms. The van der Waals surface area contributed by atoms with E-state index >= 15 is 0 Å². The molecule has 5 rings (SSSR count). The average Bonchev–Trinajstić information content (AvgIpc) is 3.79. The number of benzene rings is 2. The Labute approximate surface area is 467 Å². The van der Waals surface area contributed by atoms with Crippen molar-refractivity contribution in [3.8, 4) is 0 Å². The minimum absolute atomic E-state index is 0.00557. The van der Waals surface area contributed by atoms with Crippen LogP contribution in [-0.4, -0.2) is 151 Å². The van der Waals surface area contributed by atoms with Gasteiger partial charge in [0.05, 0.1) is 18.4 Å². The lowest BCUT2D eigenvalue weighted by Gasteiger charge is -2.25. The van der Waals surface area contributed by atoms with Crippen molar-refractivity contribution in [2.45, 2.75) is 127 Å². The number of amides is 8. The molecule has 8 amide bonds. The highest BCUT2D eigenvalue weighted by Crippen LogP contribution is 2.20. The summed E-state index contributed by atoms with van der Waals surface area (Å²) in [7, 11) is 1.79. The van der Waals surface area contributed by atoms with Crippen LogP contribution in [0.4, 0.5) is 17.5 Å². The number of nitrogens with one attached hydrogen (secondary N) is 6. The highest BCUT2D eigenvalue weighted by molar-refractivity contribution is 6.12. The van der Waals surface area contributed by atoms with E-state index in [4.69, 9.17) is 17.2 Å². The average molecular weight is 1120 g/mol. The van der Waals surface area contributed by atoms with Crippen LogP contribution in [0.25, 0.3) is 11.2 Å². The summed E-state index contributed by atoms with van der Waals surface area (Å²) in [6.07, 6.45) is 6.40. The second-order valence-corrected chi connectivity index (χ2v) is 19.4. The van der Waals surface area contributed by atoms with Crippen LogP contribution in [0.1, 0.15) is 106 Å². The lowest BCUT2D eigenvalue weighted by atomic mass is 10.0. The number of anilines is 3. The summed E-state index contributed by atoms with van der Waals surface area (Å²) in [5.74, 6) is -7.19. The molecule has 27 nitrogen and oxygen atoms in total. The van der Waals surface area contributed by atoms with E-state index in [-0.39, 0.29) is 106 Å². The van der Waals surface area contributed by atoms with Crippen molar-refractivity contribution in [1.29, 1.82) is 0 Å². The van der Waals surface area contributed by atoms with Crippen LogP contribution < -0.4 is 54.0 Å². The van der Waals surface area contributed by atoms with Crippen molar-refractivity contribution in [1.82, 2.24) is 56.7 Å². The number of rotatable bonds is 34. The van der Waals surface area contributed by atoms with Gasteiger partial charge in [0, 0.05) is 62.8 Å². The first-order valence-electron chi connectivity index (χ1n) is 26.6. The number of nitrogens with two attached hydrogens (primary N) is 3. The molecule has 2 aromatic heterocycles. The Morgan fingerprint density at radius 1 is 0.654 bits per heavy atom. The molecule has 5 atom stereocenters. The first kappa shape index (κ1) is 62.7. The minimum atomic E-state index is -1.40. The Morgan fingerprint density at radius 3 is 1.96 bits per heavy atom.